The summed E-state index contributed by atoms with van der Waals surface area (Å²) in [5, 5.41) is 7.64. The molecule has 2 heterocycles. The summed E-state index contributed by atoms with van der Waals surface area (Å²) in [4.78, 5) is 0. The molecule has 0 bridgehead atoms. The summed E-state index contributed by atoms with van der Waals surface area (Å²) in [6.07, 6.45) is 5.85. The molecule has 0 radical (unpaired) electrons. The van der Waals surface area contributed by atoms with Gasteiger partial charge in [-0.1, -0.05) is 0 Å². The van der Waals surface area contributed by atoms with Crippen molar-refractivity contribution in [2.75, 3.05) is 6.61 Å². The van der Waals surface area contributed by atoms with Gasteiger partial charge in [-0.15, -0.1) is 10.2 Å². The predicted molar refractivity (Wildman–Crippen MR) is 68.6 cm³/mol. The van der Waals surface area contributed by atoms with Crippen molar-refractivity contribution in [1.29, 1.82) is 0 Å². The molecule has 1 atom stereocenters. The number of rotatable bonds is 4. The van der Waals surface area contributed by atoms with Crippen molar-refractivity contribution in [2.24, 2.45) is 0 Å². The van der Waals surface area contributed by atoms with Crippen molar-refractivity contribution in [3.05, 3.63) is 5.82 Å². The van der Waals surface area contributed by atoms with Crippen molar-refractivity contribution in [1.82, 2.24) is 14.8 Å². The van der Waals surface area contributed by atoms with Crippen LogP contribution in [-0.2, 0) is 20.2 Å². The topological polar surface area (TPSA) is 74.1 Å². The Kier molecular flexibility index (Phi) is 3.53. The van der Waals surface area contributed by atoms with E-state index in [2.05, 4.69) is 10.2 Å². The van der Waals surface area contributed by atoms with E-state index in [1.165, 1.54) is 0 Å². The number of nitrogens with zero attached hydrogens (tertiary/aromatic N) is 3. The summed E-state index contributed by atoms with van der Waals surface area (Å²) >= 11 is 0. The third-order valence-corrected chi connectivity index (χ3v) is 4.68. The van der Waals surface area contributed by atoms with Gasteiger partial charge in [-0.25, -0.2) is 8.42 Å². The normalized spacial score (nSPS) is 24.6. The first-order valence-corrected chi connectivity index (χ1v) is 8.86. The molecule has 0 N–H and O–H groups in total. The van der Waals surface area contributed by atoms with Crippen LogP contribution in [0.4, 0.5) is 0 Å². The van der Waals surface area contributed by atoms with E-state index in [0.717, 1.165) is 38.7 Å². The van der Waals surface area contributed by atoms with Gasteiger partial charge in [0.1, 0.15) is 5.82 Å². The first-order chi connectivity index (χ1) is 9.05. The molecule has 1 unspecified atom stereocenters. The van der Waals surface area contributed by atoms with Gasteiger partial charge < -0.3 is 4.74 Å². The van der Waals surface area contributed by atoms with Crippen LogP contribution >= 0.6 is 10.7 Å². The molecule has 0 spiro atoms. The fraction of sp³-hybridized carbons (Fsp3) is 0.818. The van der Waals surface area contributed by atoms with Gasteiger partial charge in [-0.2, -0.15) is 0 Å². The molecule has 1 aliphatic carbocycles. The second-order valence-electron chi connectivity index (χ2n) is 5.13. The van der Waals surface area contributed by atoms with E-state index in [0.29, 0.717) is 12.2 Å². The van der Waals surface area contributed by atoms with Gasteiger partial charge in [0.25, 0.3) is 14.2 Å². The molecule has 106 valence electrons. The highest BCUT2D eigenvalue weighted by Gasteiger charge is 2.34. The van der Waals surface area contributed by atoms with E-state index in [1.54, 1.807) is 4.57 Å². The van der Waals surface area contributed by atoms with Gasteiger partial charge in [0.05, 0.1) is 6.10 Å². The van der Waals surface area contributed by atoms with Crippen LogP contribution in [0.15, 0.2) is 5.16 Å². The third-order valence-electron chi connectivity index (χ3n) is 3.55. The summed E-state index contributed by atoms with van der Waals surface area (Å²) in [5.41, 5.74) is 0. The van der Waals surface area contributed by atoms with E-state index >= 15 is 0 Å². The van der Waals surface area contributed by atoms with Crippen LogP contribution in [0.5, 0.6) is 0 Å². The van der Waals surface area contributed by atoms with Crippen LogP contribution in [0.2, 0.25) is 0 Å². The van der Waals surface area contributed by atoms with Crippen LogP contribution in [-0.4, -0.2) is 35.9 Å². The first-order valence-electron chi connectivity index (χ1n) is 6.56. The highest BCUT2D eigenvalue weighted by molar-refractivity contribution is 8.13. The monoisotopic (exact) mass is 305 g/mol. The maximum atomic E-state index is 11.5. The molecule has 8 heteroatoms. The van der Waals surface area contributed by atoms with Gasteiger partial charge in [0.15, 0.2) is 0 Å². The molecular weight excluding hydrogens is 290 g/mol. The minimum atomic E-state index is -3.84. The minimum absolute atomic E-state index is 0.112. The number of hydrogen-bond acceptors (Lipinski definition) is 5. The van der Waals surface area contributed by atoms with Crippen LogP contribution < -0.4 is 0 Å². The lowest BCUT2D eigenvalue weighted by Gasteiger charge is -2.22. The van der Waals surface area contributed by atoms with E-state index in [9.17, 15) is 8.42 Å². The maximum Gasteiger partial charge on any atom is 0.296 e. The standard InChI is InChI=1S/C11H16ClN3O3S/c12-19(16,17)11-14-13-10(15(11)8-4-5-8)7-9-3-1-2-6-18-9/h8-9H,1-7H2. The molecular formula is C11H16ClN3O3S. The predicted octanol–water partition coefficient (Wildman–Crippen LogP) is 1.65. The Morgan fingerprint density at radius 3 is 2.63 bits per heavy atom. The van der Waals surface area contributed by atoms with Crippen LogP contribution in [0.3, 0.4) is 0 Å². The Hall–Kier alpha value is -0.660. The molecule has 1 saturated heterocycles. The van der Waals surface area contributed by atoms with Gasteiger partial charge in [0.2, 0.25) is 0 Å². The van der Waals surface area contributed by atoms with Crippen molar-refractivity contribution >= 4 is 19.7 Å². The molecule has 1 aromatic rings. The SMILES string of the molecule is O=S(=O)(Cl)c1nnc(CC2CCCCO2)n1C1CC1. The lowest BCUT2D eigenvalue weighted by Crippen LogP contribution is -2.23. The number of ether oxygens (including phenoxy) is 1. The molecule has 0 amide bonds. The zero-order valence-corrected chi connectivity index (χ0v) is 12.0. The van der Waals surface area contributed by atoms with Gasteiger partial charge >= 0.3 is 0 Å². The quantitative estimate of drug-likeness (QED) is 0.791. The zero-order chi connectivity index (χ0) is 13.5. The maximum absolute atomic E-state index is 11.5. The molecule has 1 aromatic heterocycles. The van der Waals surface area contributed by atoms with E-state index in [4.69, 9.17) is 15.4 Å². The Morgan fingerprint density at radius 2 is 2.05 bits per heavy atom. The summed E-state index contributed by atoms with van der Waals surface area (Å²) in [6.45, 7) is 0.767. The molecule has 0 aromatic carbocycles. The molecule has 1 saturated carbocycles. The minimum Gasteiger partial charge on any atom is -0.378 e. The Balaban J connectivity index is 1.86. The summed E-state index contributed by atoms with van der Waals surface area (Å²) in [6, 6.07) is 0.178. The number of hydrogen-bond donors (Lipinski definition) is 0. The average molecular weight is 306 g/mol. The Labute approximate surface area is 116 Å². The number of halogens is 1. The lowest BCUT2D eigenvalue weighted by atomic mass is 10.1. The average Bonchev–Trinajstić information content (AvgIpc) is 3.11. The highest BCUT2D eigenvalue weighted by Crippen LogP contribution is 2.38. The van der Waals surface area contributed by atoms with Gasteiger partial charge in [0, 0.05) is 29.8 Å². The van der Waals surface area contributed by atoms with Gasteiger partial charge in [-0.05, 0) is 32.1 Å². The van der Waals surface area contributed by atoms with E-state index in [1.807, 2.05) is 0 Å². The van der Waals surface area contributed by atoms with Crippen molar-refractivity contribution < 1.29 is 13.2 Å². The molecule has 2 fully saturated rings. The smallest absolute Gasteiger partial charge is 0.296 e. The van der Waals surface area contributed by atoms with Crippen molar-refractivity contribution in [3.63, 3.8) is 0 Å². The first kappa shape index (κ1) is 13.3. The molecule has 1 aliphatic heterocycles. The summed E-state index contributed by atoms with van der Waals surface area (Å²) in [7, 11) is 1.57. The Bertz CT molecular complexity index is 562. The second kappa shape index (κ2) is 5.03. The lowest BCUT2D eigenvalue weighted by molar-refractivity contribution is 0.0150. The van der Waals surface area contributed by atoms with E-state index < -0.39 is 9.05 Å². The second-order valence-corrected chi connectivity index (χ2v) is 7.59. The molecule has 19 heavy (non-hydrogen) atoms. The van der Waals surface area contributed by atoms with Crippen LogP contribution in [0.25, 0.3) is 0 Å². The summed E-state index contributed by atoms with van der Waals surface area (Å²) < 4.78 is 30.4. The molecule has 2 aliphatic rings. The fourth-order valence-electron chi connectivity index (χ4n) is 2.48. The van der Waals surface area contributed by atoms with Crippen LogP contribution in [0, 0.1) is 0 Å². The van der Waals surface area contributed by atoms with Gasteiger partial charge in [-0.3, -0.25) is 4.57 Å². The highest BCUT2D eigenvalue weighted by atomic mass is 35.7. The zero-order valence-electron chi connectivity index (χ0n) is 10.5. The molecule has 3 rings (SSSR count). The van der Waals surface area contributed by atoms with Crippen molar-refractivity contribution in [3.8, 4) is 0 Å². The largest absolute Gasteiger partial charge is 0.378 e. The van der Waals surface area contributed by atoms with E-state index in [-0.39, 0.29) is 17.3 Å². The third kappa shape index (κ3) is 2.93. The molecule has 6 nitrogen and oxygen atoms in total. The fourth-order valence-corrected chi connectivity index (χ4v) is 3.43. The van der Waals surface area contributed by atoms with Crippen LogP contribution in [0.1, 0.15) is 44.0 Å². The Morgan fingerprint density at radius 1 is 1.26 bits per heavy atom. The number of aromatic nitrogens is 3. The van der Waals surface area contributed by atoms with Crippen molar-refractivity contribution in [2.45, 2.75) is 55.8 Å². The summed E-state index contributed by atoms with van der Waals surface area (Å²) in [5.74, 6) is 0.675.